The molecule has 5 heterocycles. The van der Waals surface area contributed by atoms with Gasteiger partial charge in [0.15, 0.2) is 10.8 Å². The van der Waals surface area contributed by atoms with Crippen LogP contribution < -0.4 is 9.80 Å². The maximum absolute atomic E-state index is 15.0. The lowest BCUT2D eigenvalue weighted by atomic mass is 10.1. The van der Waals surface area contributed by atoms with E-state index in [1.165, 1.54) is 23.5 Å². The summed E-state index contributed by atoms with van der Waals surface area (Å²) in [5, 5.41) is 5.40. The second-order valence-electron chi connectivity index (χ2n) is 10.8. The van der Waals surface area contributed by atoms with E-state index in [2.05, 4.69) is 28.0 Å². The summed E-state index contributed by atoms with van der Waals surface area (Å²) in [4.78, 5) is 18.9. The minimum atomic E-state index is -0.651. The van der Waals surface area contributed by atoms with Crippen LogP contribution in [-0.4, -0.2) is 57.0 Å². The van der Waals surface area contributed by atoms with Crippen LogP contribution in [0.4, 0.5) is 19.9 Å². The number of fused-ring (bicyclic) bond motifs is 1. The molecule has 2 saturated heterocycles. The number of nitrogens with zero attached hydrogens (tertiary/aromatic N) is 7. The average Bonchev–Trinajstić information content (AvgIpc) is 3.26. The van der Waals surface area contributed by atoms with Gasteiger partial charge in [-0.25, -0.2) is 13.8 Å². The molecule has 3 fully saturated rings. The number of rotatable bonds is 5. The maximum Gasteiger partial charge on any atom is 0.228 e. The predicted molar refractivity (Wildman–Crippen MR) is 143 cm³/mol. The largest absolute Gasteiger partial charge is 0.367 e. The molecule has 11 heteroatoms. The Morgan fingerprint density at radius 3 is 2.63 bits per heavy atom. The van der Waals surface area contributed by atoms with Crippen molar-refractivity contribution in [2.24, 2.45) is 5.92 Å². The highest BCUT2D eigenvalue weighted by Crippen LogP contribution is 2.39. The van der Waals surface area contributed by atoms with Crippen LogP contribution in [-0.2, 0) is 4.74 Å². The molecule has 7 rings (SSSR count). The molecule has 0 spiro atoms. The highest BCUT2D eigenvalue weighted by atomic mass is 32.1. The lowest BCUT2D eigenvalue weighted by molar-refractivity contribution is -0.0178. The molecule has 0 unspecified atom stereocenters. The van der Waals surface area contributed by atoms with Gasteiger partial charge in [0.25, 0.3) is 0 Å². The van der Waals surface area contributed by atoms with Gasteiger partial charge in [0.2, 0.25) is 5.95 Å². The van der Waals surface area contributed by atoms with Gasteiger partial charge in [0.05, 0.1) is 30.6 Å². The molecule has 2 aliphatic heterocycles. The van der Waals surface area contributed by atoms with Crippen molar-refractivity contribution in [3.05, 3.63) is 47.8 Å². The standard InChI is InChI=1S/C27H29F2N7OS/c1-15-7-8-34(11-15)27-33-25-24(38-27)23(20-6-3-18(28)9-21(20)29)31-26(32-25)35-12-16(2)37-22(14-35)17-10-30-36(13-17)19-4-5-19/h3,6,9-10,13,15-16,19,22H,4-5,7-8,11-12,14H2,1-2H3/t15-,16-,22-/m0/s1. The van der Waals surface area contributed by atoms with Crippen molar-refractivity contribution in [3.63, 3.8) is 0 Å². The Kier molecular flexibility index (Phi) is 5.81. The first-order valence-electron chi connectivity index (χ1n) is 13.2. The number of benzene rings is 1. The van der Waals surface area contributed by atoms with Gasteiger partial charge in [-0.15, -0.1) is 0 Å². The van der Waals surface area contributed by atoms with Gasteiger partial charge in [0.1, 0.15) is 22.4 Å². The smallest absolute Gasteiger partial charge is 0.228 e. The summed E-state index contributed by atoms with van der Waals surface area (Å²) in [5.41, 5.74) is 2.24. The van der Waals surface area contributed by atoms with Gasteiger partial charge in [-0.1, -0.05) is 18.3 Å². The molecule has 0 radical (unpaired) electrons. The van der Waals surface area contributed by atoms with Gasteiger partial charge in [0, 0.05) is 43.0 Å². The highest BCUT2D eigenvalue weighted by Gasteiger charge is 2.32. The van der Waals surface area contributed by atoms with E-state index in [1.807, 2.05) is 17.8 Å². The fraction of sp³-hybridized carbons (Fsp3) is 0.481. The minimum Gasteiger partial charge on any atom is -0.367 e. The number of hydrogen-bond acceptors (Lipinski definition) is 8. The summed E-state index contributed by atoms with van der Waals surface area (Å²) >= 11 is 1.47. The topological polar surface area (TPSA) is 72.2 Å². The van der Waals surface area contributed by atoms with E-state index in [0.717, 1.165) is 49.1 Å². The third-order valence-electron chi connectivity index (χ3n) is 7.57. The van der Waals surface area contributed by atoms with Gasteiger partial charge >= 0.3 is 0 Å². The Labute approximate surface area is 223 Å². The van der Waals surface area contributed by atoms with Crippen molar-refractivity contribution < 1.29 is 13.5 Å². The molecule has 1 aliphatic carbocycles. The summed E-state index contributed by atoms with van der Waals surface area (Å²) in [6.07, 6.45) is 7.14. The number of morpholine rings is 1. The molecule has 0 bridgehead atoms. The van der Waals surface area contributed by atoms with Crippen LogP contribution in [0.15, 0.2) is 30.6 Å². The Bertz CT molecular complexity index is 1500. The van der Waals surface area contributed by atoms with Crippen molar-refractivity contribution in [3.8, 4) is 11.3 Å². The van der Waals surface area contributed by atoms with Crippen LogP contribution in [0.3, 0.4) is 0 Å². The zero-order chi connectivity index (χ0) is 26.0. The number of hydrogen-bond donors (Lipinski definition) is 0. The van der Waals surface area contributed by atoms with Crippen LogP contribution in [0.1, 0.15) is 50.8 Å². The van der Waals surface area contributed by atoms with Crippen molar-refractivity contribution in [1.82, 2.24) is 24.7 Å². The highest BCUT2D eigenvalue weighted by molar-refractivity contribution is 7.22. The first-order valence-corrected chi connectivity index (χ1v) is 14.1. The van der Waals surface area contributed by atoms with E-state index < -0.39 is 11.6 Å². The van der Waals surface area contributed by atoms with Crippen LogP contribution >= 0.6 is 11.3 Å². The van der Waals surface area contributed by atoms with Crippen LogP contribution in [0.25, 0.3) is 21.6 Å². The summed E-state index contributed by atoms with van der Waals surface area (Å²) in [6, 6.07) is 4.11. The number of thiazole rings is 1. The summed E-state index contributed by atoms with van der Waals surface area (Å²) in [6.45, 7) is 7.24. The molecule has 0 amide bonds. The zero-order valence-electron chi connectivity index (χ0n) is 21.3. The van der Waals surface area contributed by atoms with Crippen molar-refractivity contribution in [2.75, 3.05) is 36.0 Å². The number of anilines is 2. The van der Waals surface area contributed by atoms with E-state index in [9.17, 15) is 4.39 Å². The van der Waals surface area contributed by atoms with Gasteiger partial charge < -0.3 is 14.5 Å². The summed E-state index contributed by atoms with van der Waals surface area (Å²) in [7, 11) is 0. The Morgan fingerprint density at radius 1 is 1.00 bits per heavy atom. The lowest BCUT2D eigenvalue weighted by Crippen LogP contribution is -2.43. The second-order valence-corrected chi connectivity index (χ2v) is 11.8. The molecular formula is C27H29F2N7OS. The van der Waals surface area contributed by atoms with Crippen molar-refractivity contribution >= 4 is 32.8 Å². The molecule has 3 aromatic heterocycles. The molecule has 1 saturated carbocycles. The molecule has 38 heavy (non-hydrogen) atoms. The lowest BCUT2D eigenvalue weighted by Gasteiger charge is -2.36. The van der Waals surface area contributed by atoms with E-state index in [-0.39, 0.29) is 17.8 Å². The van der Waals surface area contributed by atoms with E-state index in [1.54, 1.807) is 0 Å². The number of aromatic nitrogens is 5. The van der Waals surface area contributed by atoms with Crippen molar-refractivity contribution in [1.29, 1.82) is 0 Å². The molecule has 3 atom stereocenters. The van der Waals surface area contributed by atoms with E-state index in [4.69, 9.17) is 19.7 Å². The first kappa shape index (κ1) is 23.9. The number of halogens is 2. The van der Waals surface area contributed by atoms with Crippen LogP contribution in [0.5, 0.6) is 0 Å². The fourth-order valence-corrected chi connectivity index (χ4v) is 6.45. The second kappa shape index (κ2) is 9.23. The normalized spacial score (nSPS) is 24.1. The quantitative estimate of drug-likeness (QED) is 0.339. The Balaban J connectivity index is 1.29. The van der Waals surface area contributed by atoms with Gasteiger partial charge in [-0.2, -0.15) is 15.1 Å². The molecule has 0 N–H and O–H groups in total. The third kappa shape index (κ3) is 4.41. The molecule has 4 aromatic rings. The van der Waals surface area contributed by atoms with E-state index in [0.29, 0.717) is 47.0 Å². The first-order chi connectivity index (χ1) is 18.4. The maximum atomic E-state index is 15.0. The van der Waals surface area contributed by atoms with Gasteiger partial charge in [-0.3, -0.25) is 4.68 Å². The van der Waals surface area contributed by atoms with Crippen LogP contribution in [0.2, 0.25) is 0 Å². The van der Waals surface area contributed by atoms with Crippen molar-refractivity contribution in [2.45, 2.75) is 51.4 Å². The molecule has 1 aromatic carbocycles. The summed E-state index contributed by atoms with van der Waals surface area (Å²) in [5.74, 6) is -0.211. The molecule has 8 nitrogen and oxygen atoms in total. The summed E-state index contributed by atoms with van der Waals surface area (Å²) < 4.78 is 37.8. The zero-order valence-corrected chi connectivity index (χ0v) is 22.2. The van der Waals surface area contributed by atoms with Gasteiger partial charge in [-0.05, 0) is 44.2 Å². The molecule has 198 valence electrons. The third-order valence-corrected chi connectivity index (χ3v) is 8.68. The molecule has 3 aliphatic rings. The average molecular weight is 538 g/mol. The monoisotopic (exact) mass is 537 g/mol. The SMILES string of the molecule is C[C@H]1CCN(c2nc3nc(N4C[C@@H](c5cnn(C6CC6)c5)O[C@@H](C)C4)nc(-c4ccc(F)cc4F)c3s2)C1. The van der Waals surface area contributed by atoms with E-state index >= 15 is 4.39 Å². The van der Waals surface area contributed by atoms with Crippen LogP contribution in [0, 0.1) is 17.6 Å². The number of ether oxygens (including phenoxy) is 1. The molecular weight excluding hydrogens is 508 g/mol. The predicted octanol–water partition coefficient (Wildman–Crippen LogP) is 5.38. The Hall–Kier alpha value is -3.18. The minimum absolute atomic E-state index is 0.0691. The Morgan fingerprint density at radius 2 is 1.87 bits per heavy atom. The fourth-order valence-electron chi connectivity index (χ4n) is 5.41.